The number of fused-ring (bicyclic) bond motifs is 1. The summed E-state index contributed by atoms with van der Waals surface area (Å²) < 4.78 is 0. The molecular formula is C21H28N4. The van der Waals surface area contributed by atoms with Gasteiger partial charge in [-0.1, -0.05) is 54.6 Å². The monoisotopic (exact) mass is 336 g/mol. The van der Waals surface area contributed by atoms with Crippen molar-refractivity contribution in [1.82, 2.24) is 15.5 Å². The van der Waals surface area contributed by atoms with Gasteiger partial charge in [-0.25, -0.2) is 0 Å². The molecule has 3 rings (SSSR count). The van der Waals surface area contributed by atoms with Crippen molar-refractivity contribution in [2.75, 3.05) is 33.2 Å². The maximum Gasteiger partial charge on any atom is 0.191 e. The van der Waals surface area contributed by atoms with Crippen LogP contribution in [0.1, 0.15) is 16.7 Å². The van der Waals surface area contributed by atoms with E-state index in [0.717, 1.165) is 51.5 Å². The molecule has 25 heavy (non-hydrogen) atoms. The summed E-state index contributed by atoms with van der Waals surface area (Å²) >= 11 is 0. The van der Waals surface area contributed by atoms with Gasteiger partial charge >= 0.3 is 0 Å². The van der Waals surface area contributed by atoms with Gasteiger partial charge in [0.05, 0.1) is 0 Å². The van der Waals surface area contributed by atoms with Crippen molar-refractivity contribution in [3.05, 3.63) is 71.3 Å². The van der Waals surface area contributed by atoms with Gasteiger partial charge in [-0.2, -0.15) is 0 Å². The predicted octanol–water partition coefficient (Wildman–Crippen LogP) is 2.45. The molecule has 1 aliphatic heterocycles. The molecule has 0 atom stereocenters. The Hall–Kier alpha value is -2.33. The Morgan fingerprint density at radius 2 is 1.68 bits per heavy atom. The normalized spacial score (nSPS) is 14.8. The minimum absolute atomic E-state index is 0.883. The van der Waals surface area contributed by atoms with Crippen LogP contribution < -0.4 is 10.6 Å². The van der Waals surface area contributed by atoms with Gasteiger partial charge in [0.15, 0.2) is 5.96 Å². The van der Waals surface area contributed by atoms with Gasteiger partial charge in [0.1, 0.15) is 0 Å². The fourth-order valence-corrected chi connectivity index (χ4v) is 3.27. The van der Waals surface area contributed by atoms with E-state index in [-0.39, 0.29) is 0 Å². The van der Waals surface area contributed by atoms with Crippen LogP contribution >= 0.6 is 0 Å². The Labute approximate surface area is 151 Å². The molecule has 0 radical (unpaired) electrons. The van der Waals surface area contributed by atoms with Crippen molar-refractivity contribution in [2.45, 2.75) is 19.4 Å². The molecular weight excluding hydrogens is 308 g/mol. The minimum atomic E-state index is 0.883. The van der Waals surface area contributed by atoms with Crippen LogP contribution in [0.15, 0.2) is 59.6 Å². The van der Waals surface area contributed by atoms with E-state index in [2.05, 4.69) is 75.1 Å². The van der Waals surface area contributed by atoms with Gasteiger partial charge in [-0.05, 0) is 29.5 Å². The first-order valence-corrected chi connectivity index (χ1v) is 9.13. The summed E-state index contributed by atoms with van der Waals surface area (Å²) in [5.41, 5.74) is 4.32. The minimum Gasteiger partial charge on any atom is -0.356 e. The van der Waals surface area contributed by atoms with Crippen LogP contribution in [-0.2, 0) is 19.4 Å². The van der Waals surface area contributed by atoms with Gasteiger partial charge < -0.3 is 10.6 Å². The van der Waals surface area contributed by atoms with Crippen molar-refractivity contribution < 1.29 is 0 Å². The van der Waals surface area contributed by atoms with E-state index in [0.29, 0.717) is 0 Å². The van der Waals surface area contributed by atoms with Crippen LogP contribution in [-0.4, -0.2) is 44.1 Å². The van der Waals surface area contributed by atoms with E-state index in [4.69, 9.17) is 0 Å². The topological polar surface area (TPSA) is 39.7 Å². The molecule has 2 aromatic carbocycles. The fourth-order valence-electron chi connectivity index (χ4n) is 3.27. The average molecular weight is 336 g/mol. The van der Waals surface area contributed by atoms with Crippen LogP contribution in [0.3, 0.4) is 0 Å². The summed E-state index contributed by atoms with van der Waals surface area (Å²) in [4.78, 5) is 6.82. The molecule has 0 aliphatic carbocycles. The van der Waals surface area contributed by atoms with Crippen LogP contribution in [0.25, 0.3) is 0 Å². The molecule has 1 aliphatic rings. The molecule has 1 heterocycles. The number of benzene rings is 2. The maximum atomic E-state index is 4.31. The molecule has 0 amide bonds. The highest BCUT2D eigenvalue weighted by Gasteiger charge is 2.14. The standard InChI is InChI=1S/C21H28N4/c1-22-21(23-13-11-18-7-3-2-4-8-18)24-14-16-25-15-12-19-9-5-6-10-20(19)17-25/h2-10H,11-17H2,1H3,(H2,22,23,24). The lowest BCUT2D eigenvalue weighted by Crippen LogP contribution is -2.43. The second-order valence-electron chi connectivity index (χ2n) is 6.46. The van der Waals surface area contributed by atoms with Gasteiger partial charge in [0, 0.05) is 39.8 Å². The molecule has 132 valence electrons. The Bertz CT molecular complexity index is 681. The van der Waals surface area contributed by atoms with Crippen molar-refractivity contribution >= 4 is 5.96 Å². The lowest BCUT2D eigenvalue weighted by molar-refractivity contribution is 0.258. The molecule has 2 aromatic rings. The van der Waals surface area contributed by atoms with Gasteiger partial charge in [-0.15, -0.1) is 0 Å². The lowest BCUT2D eigenvalue weighted by Gasteiger charge is -2.28. The molecule has 0 fully saturated rings. The van der Waals surface area contributed by atoms with Crippen molar-refractivity contribution in [2.24, 2.45) is 4.99 Å². The molecule has 0 spiro atoms. The third-order valence-electron chi connectivity index (χ3n) is 4.70. The van der Waals surface area contributed by atoms with Crippen LogP contribution in [0.4, 0.5) is 0 Å². The first kappa shape index (κ1) is 17.5. The summed E-state index contributed by atoms with van der Waals surface area (Å²) in [6.45, 7) is 5.03. The second-order valence-corrected chi connectivity index (χ2v) is 6.46. The number of aliphatic imine (C=N–C) groups is 1. The zero-order valence-electron chi connectivity index (χ0n) is 15.0. The molecule has 0 aromatic heterocycles. The zero-order valence-corrected chi connectivity index (χ0v) is 15.0. The third kappa shape index (κ3) is 5.33. The molecule has 2 N–H and O–H groups in total. The molecule has 0 saturated heterocycles. The summed E-state index contributed by atoms with van der Waals surface area (Å²) in [7, 11) is 1.83. The number of hydrogen-bond acceptors (Lipinski definition) is 2. The second kappa shape index (κ2) is 9.23. The quantitative estimate of drug-likeness (QED) is 0.629. The Balaban J connectivity index is 1.36. The third-order valence-corrected chi connectivity index (χ3v) is 4.70. The van der Waals surface area contributed by atoms with Crippen LogP contribution in [0, 0.1) is 0 Å². The molecule has 0 saturated carbocycles. The van der Waals surface area contributed by atoms with Crippen LogP contribution in [0.2, 0.25) is 0 Å². The SMILES string of the molecule is CN=C(NCCc1ccccc1)NCCN1CCc2ccccc2C1. The summed E-state index contributed by atoms with van der Waals surface area (Å²) in [5.74, 6) is 0.883. The van der Waals surface area contributed by atoms with Gasteiger partial charge in [0.2, 0.25) is 0 Å². The van der Waals surface area contributed by atoms with Gasteiger partial charge in [-0.3, -0.25) is 9.89 Å². The molecule has 4 heteroatoms. The summed E-state index contributed by atoms with van der Waals surface area (Å²) in [6, 6.07) is 19.3. The van der Waals surface area contributed by atoms with E-state index in [1.807, 2.05) is 7.05 Å². The van der Waals surface area contributed by atoms with E-state index < -0.39 is 0 Å². The number of hydrogen-bond donors (Lipinski definition) is 2. The zero-order chi connectivity index (χ0) is 17.3. The van der Waals surface area contributed by atoms with E-state index in [9.17, 15) is 0 Å². The van der Waals surface area contributed by atoms with Crippen molar-refractivity contribution in [3.8, 4) is 0 Å². The van der Waals surface area contributed by atoms with E-state index in [1.54, 1.807) is 0 Å². The number of nitrogens with one attached hydrogen (secondary N) is 2. The number of guanidine groups is 1. The predicted molar refractivity (Wildman–Crippen MR) is 105 cm³/mol. The summed E-state index contributed by atoms with van der Waals surface area (Å²) in [6.07, 6.45) is 2.16. The number of nitrogens with zero attached hydrogens (tertiary/aromatic N) is 2. The maximum absolute atomic E-state index is 4.31. The highest BCUT2D eigenvalue weighted by molar-refractivity contribution is 5.79. The van der Waals surface area contributed by atoms with Crippen LogP contribution in [0.5, 0.6) is 0 Å². The van der Waals surface area contributed by atoms with Crippen molar-refractivity contribution in [3.63, 3.8) is 0 Å². The van der Waals surface area contributed by atoms with Crippen molar-refractivity contribution in [1.29, 1.82) is 0 Å². The lowest BCUT2D eigenvalue weighted by atomic mass is 10.00. The summed E-state index contributed by atoms with van der Waals surface area (Å²) in [5, 5.41) is 6.82. The van der Waals surface area contributed by atoms with E-state index >= 15 is 0 Å². The Kier molecular flexibility index (Phi) is 6.46. The molecule has 4 nitrogen and oxygen atoms in total. The van der Waals surface area contributed by atoms with Gasteiger partial charge in [0.25, 0.3) is 0 Å². The molecule has 0 unspecified atom stereocenters. The largest absolute Gasteiger partial charge is 0.356 e. The Morgan fingerprint density at radius 3 is 2.48 bits per heavy atom. The highest BCUT2D eigenvalue weighted by Crippen LogP contribution is 2.17. The first-order chi connectivity index (χ1) is 12.3. The highest BCUT2D eigenvalue weighted by atomic mass is 15.2. The molecule has 0 bridgehead atoms. The average Bonchev–Trinajstić information content (AvgIpc) is 2.67. The number of rotatable bonds is 6. The first-order valence-electron chi connectivity index (χ1n) is 9.13. The smallest absolute Gasteiger partial charge is 0.191 e. The Morgan fingerprint density at radius 1 is 0.960 bits per heavy atom. The fraction of sp³-hybridized carbons (Fsp3) is 0.381. The van der Waals surface area contributed by atoms with E-state index in [1.165, 1.54) is 16.7 Å².